The number of anilines is 1. The van der Waals surface area contributed by atoms with Crippen molar-refractivity contribution < 1.29 is 4.74 Å². The Kier molecular flexibility index (Phi) is 5.18. The molecule has 1 N–H and O–H groups in total. The summed E-state index contributed by atoms with van der Waals surface area (Å²) in [5.74, 6) is 0.637. The van der Waals surface area contributed by atoms with Gasteiger partial charge in [-0.2, -0.15) is 4.68 Å². The fourth-order valence-corrected chi connectivity index (χ4v) is 3.14. The van der Waals surface area contributed by atoms with Crippen LogP contribution in [0.5, 0.6) is 0 Å². The second-order valence-corrected chi connectivity index (χ2v) is 6.27. The van der Waals surface area contributed by atoms with Crippen molar-refractivity contribution in [3.63, 3.8) is 0 Å². The maximum absolute atomic E-state index is 5.47. The lowest BCUT2D eigenvalue weighted by Crippen LogP contribution is -2.40. The summed E-state index contributed by atoms with van der Waals surface area (Å²) < 4.78 is 7.20. The van der Waals surface area contributed by atoms with E-state index in [1.165, 1.54) is 5.56 Å². The first-order valence-corrected chi connectivity index (χ1v) is 8.85. The minimum absolute atomic E-state index is 0.0859. The molecule has 4 rings (SSSR count). The average molecular weight is 350 g/mol. The van der Waals surface area contributed by atoms with Gasteiger partial charge in [0.05, 0.1) is 24.9 Å². The van der Waals surface area contributed by atoms with Gasteiger partial charge in [0.2, 0.25) is 5.95 Å². The van der Waals surface area contributed by atoms with Crippen LogP contribution in [0.25, 0.3) is 5.69 Å². The molecule has 7 heteroatoms. The zero-order valence-electron chi connectivity index (χ0n) is 14.5. The fraction of sp³-hybridized carbons (Fsp3) is 0.316. The predicted molar refractivity (Wildman–Crippen MR) is 99.2 cm³/mol. The van der Waals surface area contributed by atoms with Gasteiger partial charge in [-0.05, 0) is 28.1 Å². The van der Waals surface area contributed by atoms with E-state index in [9.17, 15) is 0 Å². The van der Waals surface area contributed by atoms with Crippen LogP contribution in [0, 0.1) is 0 Å². The molecule has 0 radical (unpaired) electrons. The smallest absolute Gasteiger partial charge is 0.248 e. The lowest BCUT2D eigenvalue weighted by Gasteiger charge is -2.31. The molecule has 26 heavy (non-hydrogen) atoms. The number of aromatic nitrogens is 4. The predicted octanol–water partition coefficient (Wildman–Crippen LogP) is 2.15. The molecule has 2 aromatic carbocycles. The number of para-hydroxylation sites is 1. The van der Waals surface area contributed by atoms with Crippen molar-refractivity contribution in [3.8, 4) is 5.69 Å². The summed E-state index contributed by atoms with van der Waals surface area (Å²) in [6.07, 6.45) is 0. The highest BCUT2D eigenvalue weighted by molar-refractivity contribution is 5.40. The molecule has 2 heterocycles. The number of nitrogens with one attached hydrogen (secondary N) is 1. The summed E-state index contributed by atoms with van der Waals surface area (Å²) in [6, 6.07) is 20.4. The van der Waals surface area contributed by atoms with Gasteiger partial charge in [-0.3, -0.25) is 4.90 Å². The highest BCUT2D eigenvalue weighted by Gasteiger charge is 2.20. The van der Waals surface area contributed by atoms with Gasteiger partial charge in [-0.25, -0.2) is 0 Å². The molecule has 1 fully saturated rings. The van der Waals surface area contributed by atoms with Gasteiger partial charge in [0.15, 0.2) is 0 Å². The number of nitrogens with zero attached hydrogens (tertiary/aromatic N) is 5. The molecular formula is C19H22N6O. The molecule has 0 bridgehead atoms. The third kappa shape index (κ3) is 3.89. The summed E-state index contributed by atoms with van der Waals surface area (Å²) in [7, 11) is 0. The van der Waals surface area contributed by atoms with Crippen LogP contribution in [0.2, 0.25) is 0 Å². The molecule has 1 unspecified atom stereocenters. The zero-order chi connectivity index (χ0) is 17.6. The molecule has 3 aromatic rings. The van der Waals surface area contributed by atoms with Gasteiger partial charge >= 0.3 is 0 Å². The second-order valence-electron chi connectivity index (χ2n) is 6.27. The van der Waals surface area contributed by atoms with Crippen LogP contribution in [-0.2, 0) is 4.74 Å². The molecule has 0 spiro atoms. The van der Waals surface area contributed by atoms with Crippen LogP contribution in [0.3, 0.4) is 0 Å². The maximum atomic E-state index is 5.47. The fourth-order valence-electron chi connectivity index (χ4n) is 3.14. The third-order valence-electron chi connectivity index (χ3n) is 4.52. The van der Waals surface area contributed by atoms with E-state index in [1.54, 1.807) is 4.68 Å². The van der Waals surface area contributed by atoms with Gasteiger partial charge in [-0.15, -0.1) is 0 Å². The topological polar surface area (TPSA) is 68.1 Å². The Hall–Kier alpha value is -2.77. The quantitative estimate of drug-likeness (QED) is 0.735. The Morgan fingerprint density at radius 2 is 1.65 bits per heavy atom. The summed E-state index contributed by atoms with van der Waals surface area (Å²) in [4.78, 5) is 2.41. The van der Waals surface area contributed by atoms with E-state index in [-0.39, 0.29) is 6.04 Å². The molecule has 1 aliphatic rings. The Morgan fingerprint density at radius 3 is 2.38 bits per heavy atom. The van der Waals surface area contributed by atoms with Crippen molar-refractivity contribution in [2.75, 3.05) is 38.2 Å². The molecule has 1 aliphatic heterocycles. The number of ether oxygens (including phenoxy) is 1. The van der Waals surface area contributed by atoms with E-state index >= 15 is 0 Å². The average Bonchev–Trinajstić information content (AvgIpc) is 3.18. The van der Waals surface area contributed by atoms with Crippen LogP contribution in [0.1, 0.15) is 11.6 Å². The highest BCUT2D eigenvalue weighted by atomic mass is 16.5. The highest BCUT2D eigenvalue weighted by Crippen LogP contribution is 2.21. The normalized spacial score (nSPS) is 16.3. The molecular weight excluding hydrogens is 328 g/mol. The molecule has 1 saturated heterocycles. The van der Waals surface area contributed by atoms with Crippen LogP contribution in [-0.4, -0.2) is 58.0 Å². The Bertz CT molecular complexity index is 801. The van der Waals surface area contributed by atoms with Crippen LogP contribution < -0.4 is 5.32 Å². The van der Waals surface area contributed by atoms with Crippen molar-refractivity contribution >= 4 is 5.95 Å². The molecule has 0 amide bonds. The lowest BCUT2D eigenvalue weighted by atomic mass is 10.1. The van der Waals surface area contributed by atoms with E-state index in [4.69, 9.17) is 4.74 Å². The minimum atomic E-state index is 0.0859. The van der Waals surface area contributed by atoms with Crippen molar-refractivity contribution in [2.45, 2.75) is 6.04 Å². The number of tetrazole rings is 1. The first-order chi connectivity index (χ1) is 12.9. The second kappa shape index (κ2) is 8.07. The van der Waals surface area contributed by atoms with E-state index in [2.05, 4.69) is 50.0 Å². The maximum Gasteiger partial charge on any atom is 0.248 e. The van der Waals surface area contributed by atoms with Crippen molar-refractivity contribution in [2.24, 2.45) is 0 Å². The molecule has 1 atom stereocenters. The Morgan fingerprint density at radius 1 is 0.962 bits per heavy atom. The summed E-state index contributed by atoms with van der Waals surface area (Å²) >= 11 is 0. The van der Waals surface area contributed by atoms with Crippen LogP contribution in [0.15, 0.2) is 60.7 Å². The molecule has 1 aromatic heterocycles. The van der Waals surface area contributed by atoms with Crippen molar-refractivity contribution in [1.82, 2.24) is 25.1 Å². The molecule has 7 nitrogen and oxygen atoms in total. The third-order valence-corrected chi connectivity index (χ3v) is 4.52. The van der Waals surface area contributed by atoms with Gasteiger partial charge in [0, 0.05) is 19.6 Å². The summed E-state index contributed by atoms with van der Waals surface area (Å²) in [5, 5.41) is 15.7. The monoisotopic (exact) mass is 350 g/mol. The SMILES string of the molecule is c1ccc(C(CN2CCOCC2)Nc2nnnn2-c2ccccc2)cc1. The van der Waals surface area contributed by atoms with Crippen LogP contribution >= 0.6 is 0 Å². The van der Waals surface area contributed by atoms with Gasteiger partial charge in [0.25, 0.3) is 0 Å². The van der Waals surface area contributed by atoms with E-state index in [1.807, 2.05) is 36.4 Å². The molecule has 0 aliphatic carbocycles. The Labute approximate surface area is 152 Å². The summed E-state index contributed by atoms with van der Waals surface area (Å²) in [5.41, 5.74) is 2.14. The van der Waals surface area contributed by atoms with E-state index in [0.29, 0.717) is 5.95 Å². The van der Waals surface area contributed by atoms with Gasteiger partial charge in [0.1, 0.15) is 0 Å². The van der Waals surface area contributed by atoms with Gasteiger partial charge in [-0.1, -0.05) is 53.6 Å². The number of rotatable bonds is 6. The van der Waals surface area contributed by atoms with E-state index < -0.39 is 0 Å². The summed E-state index contributed by atoms with van der Waals surface area (Å²) in [6.45, 7) is 4.31. The zero-order valence-corrected chi connectivity index (χ0v) is 14.5. The minimum Gasteiger partial charge on any atom is -0.379 e. The van der Waals surface area contributed by atoms with Crippen LogP contribution in [0.4, 0.5) is 5.95 Å². The van der Waals surface area contributed by atoms with Crippen molar-refractivity contribution in [3.05, 3.63) is 66.2 Å². The standard InChI is InChI=1S/C19H22N6O/c1-3-7-16(8-4-1)18(15-24-11-13-26-14-12-24)20-19-21-22-23-25(19)17-9-5-2-6-10-17/h1-10,18H,11-15H2,(H,20,21,23). The first-order valence-electron chi connectivity index (χ1n) is 8.85. The number of benzene rings is 2. The Balaban J connectivity index is 1.58. The van der Waals surface area contributed by atoms with Gasteiger partial charge < -0.3 is 10.1 Å². The first kappa shape index (κ1) is 16.7. The number of hydrogen-bond donors (Lipinski definition) is 1. The number of morpholine rings is 1. The van der Waals surface area contributed by atoms with Crippen molar-refractivity contribution in [1.29, 1.82) is 0 Å². The number of hydrogen-bond acceptors (Lipinski definition) is 6. The molecule has 134 valence electrons. The lowest BCUT2D eigenvalue weighted by molar-refractivity contribution is 0.0360. The molecule has 0 saturated carbocycles. The van der Waals surface area contributed by atoms with E-state index in [0.717, 1.165) is 38.5 Å². The largest absolute Gasteiger partial charge is 0.379 e.